The number of benzene rings is 2. The fourth-order valence-corrected chi connectivity index (χ4v) is 5.83. The summed E-state index contributed by atoms with van der Waals surface area (Å²) in [5, 5.41) is 0.549. The van der Waals surface area contributed by atoms with Crippen LogP contribution < -0.4 is 4.90 Å². The lowest BCUT2D eigenvalue weighted by Gasteiger charge is -2.37. The molecule has 0 radical (unpaired) electrons. The molecule has 0 N–H and O–H groups in total. The Kier molecular flexibility index (Phi) is 7.28. The van der Waals surface area contributed by atoms with Crippen LogP contribution in [0.2, 0.25) is 5.02 Å². The minimum absolute atomic E-state index is 0.290. The summed E-state index contributed by atoms with van der Waals surface area (Å²) in [5.41, 5.74) is 2.08. The van der Waals surface area contributed by atoms with E-state index in [1.807, 2.05) is 17.1 Å². The predicted molar refractivity (Wildman–Crippen MR) is 125 cm³/mol. The summed E-state index contributed by atoms with van der Waals surface area (Å²) in [7, 11) is -1.39. The highest BCUT2D eigenvalue weighted by atomic mass is 127. The number of sulfone groups is 1. The summed E-state index contributed by atoms with van der Waals surface area (Å²) < 4.78 is 25.9. The summed E-state index contributed by atoms with van der Waals surface area (Å²) in [5.74, 6) is 0. The molecule has 2 heterocycles. The Balaban J connectivity index is 0.00000109. The topological polar surface area (TPSA) is 40.6 Å². The number of hydrogen-bond acceptors (Lipinski definition) is 4. The third-order valence-electron chi connectivity index (χ3n) is 5.52. The second-order valence-electron chi connectivity index (χ2n) is 7.21. The van der Waals surface area contributed by atoms with Gasteiger partial charge in [-0.3, -0.25) is 0 Å². The Labute approximate surface area is 186 Å². The van der Waals surface area contributed by atoms with E-state index in [0.717, 1.165) is 50.1 Å². The smallest absolute Gasteiger partial charge is 0.206 e. The number of likely N-dealkylation sites (tertiary alicyclic amines) is 1. The first-order valence-corrected chi connectivity index (χ1v) is 13.4. The normalized spacial score (nSPS) is 17.8. The summed E-state index contributed by atoms with van der Waals surface area (Å²) in [6.45, 7) is 3.10. The zero-order valence-corrected chi connectivity index (χ0v) is 20.0. The first-order chi connectivity index (χ1) is 13.5. The molecule has 2 aromatic rings. The number of alkyl halides is 1. The van der Waals surface area contributed by atoms with E-state index in [2.05, 4.69) is 39.4 Å². The van der Waals surface area contributed by atoms with E-state index in [0.29, 0.717) is 16.0 Å². The fourth-order valence-electron chi connectivity index (χ4n) is 4.06. The Morgan fingerprint density at radius 1 is 1.00 bits per heavy atom. The molecule has 0 saturated carbocycles. The summed E-state index contributed by atoms with van der Waals surface area (Å²) in [6.07, 6.45) is 3.09. The van der Waals surface area contributed by atoms with Crippen molar-refractivity contribution in [1.29, 1.82) is 0 Å². The van der Waals surface area contributed by atoms with Gasteiger partial charge in [0.25, 0.3) is 0 Å². The van der Waals surface area contributed by atoms with Gasteiger partial charge in [0.2, 0.25) is 9.84 Å². The van der Waals surface area contributed by atoms with Crippen molar-refractivity contribution < 1.29 is 8.42 Å². The Morgan fingerprint density at radius 2 is 1.64 bits per heavy atom. The predicted octanol–water partition coefficient (Wildman–Crippen LogP) is 4.68. The maximum absolute atomic E-state index is 12.9. The van der Waals surface area contributed by atoms with Crippen molar-refractivity contribution in [1.82, 2.24) is 4.90 Å². The first-order valence-electron chi connectivity index (χ1n) is 9.42. The van der Waals surface area contributed by atoms with Crippen molar-refractivity contribution in [2.75, 3.05) is 36.5 Å². The molecule has 0 aliphatic carbocycles. The summed E-state index contributed by atoms with van der Waals surface area (Å²) in [4.78, 5) is 7.31. The third-order valence-corrected chi connectivity index (χ3v) is 7.55. The van der Waals surface area contributed by atoms with E-state index < -0.39 is 9.84 Å². The second-order valence-corrected chi connectivity index (χ2v) is 9.56. The molecule has 0 spiro atoms. The minimum Gasteiger partial charge on any atom is -0.367 e. The van der Waals surface area contributed by atoms with Gasteiger partial charge in [-0.25, -0.2) is 8.42 Å². The fraction of sp³-hybridized carbons (Fsp3) is 0.429. The lowest BCUT2D eigenvalue weighted by molar-refractivity contribution is 0.251. The van der Waals surface area contributed by atoms with Crippen LogP contribution in [0, 0.1) is 0 Å². The second kappa shape index (κ2) is 9.32. The van der Waals surface area contributed by atoms with E-state index in [9.17, 15) is 8.42 Å². The van der Waals surface area contributed by atoms with Crippen molar-refractivity contribution in [2.45, 2.75) is 35.1 Å². The molecule has 0 bridgehead atoms. The molecule has 0 unspecified atom stereocenters. The van der Waals surface area contributed by atoms with Crippen LogP contribution in [0.4, 0.5) is 5.69 Å². The van der Waals surface area contributed by atoms with Gasteiger partial charge in [0.1, 0.15) is 0 Å². The average Bonchev–Trinajstić information content (AvgIpc) is 3.15. The van der Waals surface area contributed by atoms with Crippen LogP contribution in [0.25, 0.3) is 0 Å². The van der Waals surface area contributed by atoms with Gasteiger partial charge in [-0.2, -0.15) is 0 Å². The standard InChI is InChI=1S/C20H23ClN2O2S.CH3I/c1-22-10-8-16(9-11-22)23-12-7-15-13-18(14-19(21)20(15)23)26(24,25)17-5-3-2-4-6-17;1-2/h2-6,13-14,16H,7-12H2,1H3;1H3. The van der Waals surface area contributed by atoms with E-state index in [1.54, 1.807) is 30.3 Å². The van der Waals surface area contributed by atoms with Crippen molar-refractivity contribution in [3.05, 3.63) is 53.1 Å². The average molecular weight is 533 g/mol. The van der Waals surface area contributed by atoms with Crippen molar-refractivity contribution in [3.8, 4) is 0 Å². The zero-order valence-electron chi connectivity index (χ0n) is 16.2. The number of halogens is 2. The Bertz CT molecular complexity index is 914. The molecular formula is C21H26ClIN2O2S. The van der Waals surface area contributed by atoms with Crippen LogP contribution in [-0.2, 0) is 16.3 Å². The summed E-state index contributed by atoms with van der Waals surface area (Å²) in [6, 6.07) is 12.5. The van der Waals surface area contributed by atoms with Crippen molar-refractivity contribution in [2.24, 2.45) is 0 Å². The number of piperidine rings is 1. The molecule has 2 aromatic carbocycles. The SMILES string of the molecule is CI.CN1CCC(N2CCc3cc(S(=O)(=O)c4ccccc4)cc(Cl)c32)CC1. The van der Waals surface area contributed by atoms with Gasteiger partial charge in [0.05, 0.1) is 20.5 Å². The van der Waals surface area contributed by atoms with Gasteiger partial charge < -0.3 is 9.80 Å². The molecule has 4 nitrogen and oxygen atoms in total. The molecule has 0 amide bonds. The highest BCUT2D eigenvalue weighted by Crippen LogP contribution is 2.40. The lowest BCUT2D eigenvalue weighted by atomic mass is 10.0. The van der Waals surface area contributed by atoms with E-state index in [1.165, 1.54) is 0 Å². The van der Waals surface area contributed by atoms with Crippen molar-refractivity contribution >= 4 is 49.7 Å². The third kappa shape index (κ3) is 4.35. The monoisotopic (exact) mass is 532 g/mol. The van der Waals surface area contributed by atoms with Gasteiger partial charge in [-0.1, -0.05) is 52.4 Å². The molecule has 4 rings (SSSR count). The number of nitrogens with zero attached hydrogens (tertiary/aromatic N) is 2. The zero-order chi connectivity index (χ0) is 20.3. The Morgan fingerprint density at radius 3 is 2.29 bits per heavy atom. The molecular weight excluding hydrogens is 507 g/mol. The number of hydrogen-bond donors (Lipinski definition) is 0. The molecule has 2 aliphatic heterocycles. The van der Waals surface area contributed by atoms with E-state index >= 15 is 0 Å². The quantitative estimate of drug-likeness (QED) is 0.425. The molecule has 152 valence electrons. The number of rotatable bonds is 3. The maximum atomic E-state index is 12.9. The van der Waals surface area contributed by atoms with Crippen LogP contribution in [0.15, 0.2) is 52.3 Å². The molecule has 0 atom stereocenters. The van der Waals surface area contributed by atoms with E-state index in [4.69, 9.17) is 11.6 Å². The molecule has 1 fully saturated rings. The molecule has 0 aromatic heterocycles. The molecule has 1 saturated heterocycles. The number of anilines is 1. The van der Waals surface area contributed by atoms with Gasteiger partial charge in [0, 0.05) is 12.6 Å². The first kappa shape index (κ1) is 21.9. The molecule has 7 heteroatoms. The van der Waals surface area contributed by atoms with Crippen LogP contribution >= 0.6 is 34.2 Å². The number of fused-ring (bicyclic) bond motifs is 1. The van der Waals surface area contributed by atoms with Crippen molar-refractivity contribution in [3.63, 3.8) is 0 Å². The van der Waals surface area contributed by atoms with E-state index in [-0.39, 0.29) is 4.90 Å². The van der Waals surface area contributed by atoms with Gasteiger partial charge in [-0.15, -0.1) is 0 Å². The Hall–Kier alpha value is -0.830. The lowest BCUT2D eigenvalue weighted by Crippen LogP contribution is -2.43. The summed E-state index contributed by atoms with van der Waals surface area (Å²) >= 11 is 8.74. The maximum Gasteiger partial charge on any atom is 0.206 e. The van der Waals surface area contributed by atoms with Gasteiger partial charge >= 0.3 is 0 Å². The molecule has 2 aliphatic rings. The van der Waals surface area contributed by atoms with Crippen LogP contribution in [0.3, 0.4) is 0 Å². The highest BCUT2D eigenvalue weighted by molar-refractivity contribution is 14.1. The van der Waals surface area contributed by atoms with Gasteiger partial charge in [-0.05, 0) is 74.2 Å². The largest absolute Gasteiger partial charge is 0.367 e. The van der Waals surface area contributed by atoms with Crippen LogP contribution in [0.1, 0.15) is 18.4 Å². The molecule has 28 heavy (non-hydrogen) atoms. The minimum atomic E-state index is -3.54. The van der Waals surface area contributed by atoms with Crippen LogP contribution in [-0.4, -0.2) is 51.0 Å². The van der Waals surface area contributed by atoms with Gasteiger partial charge in [0.15, 0.2) is 0 Å². The highest BCUT2D eigenvalue weighted by Gasteiger charge is 2.32. The van der Waals surface area contributed by atoms with Crippen LogP contribution in [0.5, 0.6) is 0 Å².